The van der Waals surface area contributed by atoms with Gasteiger partial charge in [-0.05, 0) is 87.7 Å². The first-order valence-electron chi connectivity index (χ1n) is 11.6. The van der Waals surface area contributed by atoms with Gasteiger partial charge < -0.3 is 10.6 Å². The lowest BCUT2D eigenvalue weighted by Crippen LogP contribution is -2.40. The summed E-state index contributed by atoms with van der Waals surface area (Å²) in [6.45, 7) is 7.31. The molecule has 4 rings (SSSR count). The molecule has 0 radical (unpaired) electrons. The Labute approximate surface area is 212 Å². The Bertz CT molecular complexity index is 1430. The van der Waals surface area contributed by atoms with Crippen molar-refractivity contribution in [2.75, 3.05) is 10.6 Å². The second kappa shape index (κ2) is 10.4. The fourth-order valence-electron chi connectivity index (χ4n) is 3.54. The molecule has 0 saturated carbocycles. The van der Waals surface area contributed by atoms with Gasteiger partial charge in [-0.3, -0.25) is 4.98 Å². The van der Waals surface area contributed by atoms with Gasteiger partial charge in [0.15, 0.2) is 0 Å². The van der Waals surface area contributed by atoms with Crippen LogP contribution in [0.2, 0.25) is 0 Å². The summed E-state index contributed by atoms with van der Waals surface area (Å²) in [5.74, 6) is 1.02. The average molecular weight is 503 g/mol. The maximum atomic E-state index is 12.7. The molecule has 0 aliphatic heterocycles. The Kier molecular flexibility index (Phi) is 7.32. The predicted octanol–water partition coefficient (Wildman–Crippen LogP) is 5.33. The number of sulfonamides is 1. The molecule has 36 heavy (non-hydrogen) atoms. The van der Waals surface area contributed by atoms with Crippen LogP contribution in [0.4, 0.5) is 23.1 Å². The third kappa shape index (κ3) is 6.87. The molecule has 0 atom stereocenters. The van der Waals surface area contributed by atoms with Gasteiger partial charge in [0.2, 0.25) is 16.0 Å². The van der Waals surface area contributed by atoms with Crippen LogP contribution in [-0.2, 0) is 16.4 Å². The van der Waals surface area contributed by atoms with Crippen LogP contribution in [0.1, 0.15) is 37.5 Å². The average Bonchev–Trinajstić information content (AvgIpc) is 2.82. The fourth-order valence-corrected chi connectivity index (χ4v) is 5.00. The molecule has 4 aromatic rings. The zero-order chi connectivity index (χ0) is 25.8. The first-order chi connectivity index (χ1) is 17.1. The number of hydrogen-bond donors (Lipinski definition) is 3. The van der Waals surface area contributed by atoms with E-state index in [1.54, 1.807) is 63.6 Å². The number of nitrogens with zero attached hydrogens (tertiary/aromatic N) is 3. The maximum Gasteiger partial charge on any atom is 0.241 e. The lowest BCUT2D eigenvalue weighted by molar-refractivity contribution is 0.491. The molecule has 0 bridgehead atoms. The number of anilines is 4. The smallest absolute Gasteiger partial charge is 0.241 e. The molecule has 0 fully saturated rings. The highest BCUT2D eigenvalue weighted by atomic mass is 32.2. The lowest BCUT2D eigenvalue weighted by atomic mass is 10.1. The Balaban J connectivity index is 1.48. The van der Waals surface area contributed by atoms with Crippen LogP contribution in [0, 0.1) is 6.92 Å². The molecule has 2 heterocycles. The largest absolute Gasteiger partial charge is 0.340 e. The first-order valence-corrected chi connectivity index (χ1v) is 13.1. The van der Waals surface area contributed by atoms with E-state index in [0.29, 0.717) is 17.5 Å². The van der Waals surface area contributed by atoms with Gasteiger partial charge in [-0.15, -0.1) is 0 Å². The SMILES string of the molecule is Cc1cnc(Nc2ccc(Cc3ccncc3)cc2)nc1Nc1cccc(S(=O)(=O)NC(C)(C)C)c1. The monoisotopic (exact) mass is 502 g/mol. The van der Waals surface area contributed by atoms with Crippen molar-refractivity contribution in [2.45, 2.75) is 44.6 Å². The topological polar surface area (TPSA) is 109 Å². The van der Waals surface area contributed by atoms with Gasteiger partial charge in [-0.1, -0.05) is 18.2 Å². The van der Waals surface area contributed by atoms with Crippen molar-refractivity contribution >= 4 is 33.2 Å². The van der Waals surface area contributed by atoms with Crippen molar-refractivity contribution in [1.29, 1.82) is 0 Å². The molecule has 0 aliphatic carbocycles. The minimum Gasteiger partial charge on any atom is -0.340 e. The highest BCUT2D eigenvalue weighted by Crippen LogP contribution is 2.24. The van der Waals surface area contributed by atoms with Crippen LogP contribution in [0.3, 0.4) is 0 Å². The van der Waals surface area contributed by atoms with E-state index in [1.807, 2.05) is 31.2 Å². The van der Waals surface area contributed by atoms with Gasteiger partial charge in [0.25, 0.3) is 0 Å². The number of hydrogen-bond acceptors (Lipinski definition) is 7. The summed E-state index contributed by atoms with van der Waals surface area (Å²) in [7, 11) is -3.65. The summed E-state index contributed by atoms with van der Waals surface area (Å²) >= 11 is 0. The van der Waals surface area contributed by atoms with Crippen LogP contribution in [0.5, 0.6) is 0 Å². The maximum absolute atomic E-state index is 12.7. The third-order valence-electron chi connectivity index (χ3n) is 5.19. The van der Waals surface area contributed by atoms with Crippen molar-refractivity contribution in [3.63, 3.8) is 0 Å². The van der Waals surface area contributed by atoms with Gasteiger partial charge in [0, 0.05) is 41.1 Å². The third-order valence-corrected chi connectivity index (χ3v) is 6.94. The van der Waals surface area contributed by atoms with E-state index in [2.05, 4.69) is 42.4 Å². The van der Waals surface area contributed by atoms with E-state index in [1.165, 1.54) is 11.1 Å². The van der Waals surface area contributed by atoms with E-state index in [-0.39, 0.29) is 4.90 Å². The molecule has 0 unspecified atom stereocenters. The molecule has 8 nitrogen and oxygen atoms in total. The van der Waals surface area contributed by atoms with Gasteiger partial charge in [-0.25, -0.2) is 18.1 Å². The molecule has 0 aliphatic rings. The van der Waals surface area contributed by atoms with Crippen LogP contribution >= 0.6 is 0 Å². The first kappa shape index (κ1) is 25.3. The van der Waals surface area contributed by atoms with Crippen molar-refractivity contribution < 1.29 is 8.42 Å². The zero-order valence-electron chi connectivity index (χ0n) is 20.8. The van der Waals surface area contributed by atoms with E-state index < -0.39 is 15.6 Å². The molecule has 0 saturated heterocycles. The number of pyridine rings is 1. The van der Waals surface area contributed by atoms with E-state index >= 15 is 0 Å². The van der Waals surface area contributed by atoms with Crippen LogP contribution in [0.25, 0.3) is 0 Å². The molecule has 186 valence electrons. The molecular formula is C27H30N6O2S. The van der Waals surface area contributed by atoms with Gasteiger partial charge >= 0.3 is 0 Å². The Morgan fingerprint density at radius 1 is 0.861 bits per heavy atom. The molecule has 3 N–H and O–H groups in total. The van der Waals surface area contributed by atoms with Crippen molar-refractivity contribution in [1.82, 2.24) is 19.7 Å². The number of aryl methyl sites for hydroxylation is 1. The Hall–Kier alpha value is -3.82. The molecule has 9 heteroatoms. The zero-order valence-corrected chi connectivity index (χ0v) is 21.6. The van der Waals surface area contributed by atoms with Crippen LogP contribution < -0.4 is 15.4 Å². The molecular weight excluding hydrogens is 472 g/mol. The number of nitrogens with one attached hydrogen (secondary N) is 3. The van der Waals surface area contributed by atoms with Gasteiger partial charge in [-0.2, -0.15) is 4.98 Å². The molecule has 0 spiro atoms. The minimum atomic E-state index is -3.65. The van der Waals surface area contributed by atoms with E-state index in [0.717, 1.165) is 17.7 Å². The predicted molar refractivity (Wildman–Crippen MR) is 143 cm³/mol. The lowest BCUT2D eigenvalue weighted by Gasteiger charge is -2.20. The summed E-state index contributed by atoms with van der Waals surface area (Å²) in [6, 6.07) is 18.8. The highest BCUT2D eigenvalue weighted by Gasteiger charge is 2.22. The Morgan fingerprint density at radius 2 is 1.56 bits per heavy atom. The molecule has 2 aromatic carbocycles. The van der Waals surface area contributed by atoms with Crippen LogP contribution in [0.15, 0.2) is 84.1 Å². The minimum absolute atomic E-state index is 0.180. The quantitative estimate of drug-likeness (QED) is 0.299. The number of aromatic nitrogens is 3. The number of benzene rings is 2. The second-order valence-electron chi connectivity index (χ2n) is 9.59. The van der Waals surface area contributed by atoms with Gasteiger partial charge in [0.1, 0.15) is 5.82 Å². The molecule has 2 aromatic heterocycles. The highest BCUT2D eigenvalue weighted by molar-refractivity contribution is 7.89. The fraction of sp³-hybridized carbons (Fsp3) is 0.222. The molecule has 0 amide bonds. The number of rotatable bonds is 8. The summed E-state index contributed by atoms with van der Waals surface area (Å²) < 4.78 is 28.1. The summed E-state index contributed by atoms with van der Waals surface area (Å²) in [6.07, 6.45) is 6.14. The second-order valence-corrected chi connectivity index (χ2v) is 11.3. The standard InChI is InChI=1S/C27H30N6O2S/c1-19-18-29-26(31-22-10-8-20(9-11-22)16-21-12-14-28-15-13-21)32-25(19)30-23-6-5-7-24(17-23)36(34,35)33-27(2,3)4/h5-15,17-18,33H,16H2,1-4H3,(H2,29,30,31,32). The van der Waals surface area contributed by atoms with Crippen molar-refractivity contribution in [2.24, 2.45) is 0 Å². The normalized spacial score (nSPS) is 11.8. The summed E-state index contributed by atoms with van der Waals surface area (Å²) in [5, 5.41) is 6.45. The van der Waals surface area contributed by atoms with E-state index in [9.17, 15) is 8.42 Å². The van der Waals surface area contributed by atoms with E-state index in [4.69, 9.17) is 0 Å². The van der Waals surface area contributed by atoms with Gasteiger partial charge in [0.05, 0.1) is 4.90 Å². The Morgan fingerprint density at radius 3 is 2.25 bits per heavy atom. The van der Waals surface area contributed by atoms with Crippen molar-refractivity contribution in [3.05, 3.63) is 95.9 Å². The summed E-state index contributed by atoms with van der Waals surface area (Å²) in [5.41, 5.74) is 4.12. The van der Waals surface area contributed by atoms with Crippen molar-refractivity contribution in [3.8, 4) is 0 Å². The summed E-state index contributed by atoms with van der Waals surface area (Å²) in [4.78, 5) is 13.2. The van der Waals surface area contributed by atoms with Crippen LogP contribution in [-0.4, -0.2) is 28.9 Å².